The molecule has 0 spiro atoms. The van der Waals surface area contributed by atoms with Gasteiger partial charge in [0.2, 0.25) is 0 Å². The Balaban J connectivity index is 3.20. The van der Waals surface area contributed by atoms with Crippen LogP contribution in [0.2, 0.25) is 0 Å². The Morgan fingerprint density at radius 1 is 1.20 bits per heavy atom. The molecule has 0 radical (unpaired) electrons. The molecule has 1 aromatic heterocycles. The van der Waals surface area contributed by atoms with E-state index in [1.807, 2.05) is 20.8 Å². The number of pyridine rings is 1. The molecule has 0 aliphatic carbocycles. The van der Waals surface area contributed by atoms with Crippen molar-refractivity contribution in [2.24, 2.45) is 5.41 Å². The summed E-state index contributed by atoms with van der Waals surface area (Å²) in [6.07, 6.45) is 0. The van der Waals surface area contributed by atoms with Crippen LogP contribution in [-0.2, 0) is 5.41 Å². The Morgan fingerprint density at radius 3 is 2.15 bits per heavy atom. The van der Waals surface area contributed by atoms with Crippen LogP contribution in [0.3, 0.4) is 0 Å². The summed E-state index contributed by atoms with van der Waals surface area (Å²) >= 11 is 0. The van der Waals surface area contributed by atoms with Crippen LogP contribution in [0.15, 0.2) is 12.1 Å². The first-order chi connectivity index (χ1) is 8.91. The number of carboxylic acid groups (broad SMARTS) is 1. The molecule has 4 nitrogen and oxygen atoms in total. The monoisotopic (exact) mass is 278 g/mol. The number of hydrogen-bond donors (Lipinski definition) is 2. The molecule has 1 rings (SSSR count). The van der Waals surface area contributed by atoms with E-state index in [4.69, 9.17) is 0 Å². The minimum Gasteiger partial charge on any atom is -0.478 e. The highest BCUT2D eigenvalue weighted by Crippen LogP contribution is 2.26. The number of hydrogen-bond acceptors (Lipinski definition) is 3. The highest BCUT2D eigenvalue weighted by atomic mass is 16.4. The van der Waals surface area contributed by atoms with E-state index in [0.717, 1.165) is 5.69 Å². The third-order valence-corrected chi connectivity index (χ3v) is 3.50. The van der Waals surface area contributed by atoms with E-state index < -0.39 is 5.97 Å². The molecule has 1 heterocycles. The van der Waals surface area contributed by atoms with Crippen LogP contribution in [0.25, 0.3) is 0 Å². The molecule has 4 heteroatoms. The second-order valence-corrected chi connectivity index (χ2v) is 7.41. The number of aromatic carboxylic acids is 1. The van der Waals surface area contributed by atoms with Crippen molar-refractivity contribution in [2.45, 2.75) is 59.9 Å². The first-order valence-electron chi connectivity index (χ1n) is 6.93. The fraction of sp³-hybridized carbons (Fsp3) is 0.625. The summed E-state index contributed by atoms with van der Waals surface area (Å²) in [5, 5.41) is 12.6. The molecule has 1 atom stereocenters. The smallest absolute Gasteiger partial charge is 0.335 e. The summed E-state index contributed by atoms with van der Waals surface area (Å²) in [4.78, 5) is 15.8. The lowest BCUT2D eigenvalue weighted by atomic mass is 9.88. The summed E-state index contributed by atoms with van der Waals surface area (Å²) in [7, 11) is 0. The molecule has 0 amide bonds. The molecule has 20 heavy (non-hydrogen) atoms. The molecular formula is C16H26N2O2. The second-order valence-electron chi connectivity index (χ2n) is 7.41. The molecule has 0 saturated heterocycles. The van der Waals surface area contributed by atoms with Crippen LogP contribution in [-0.4, -0.2) is 22.1 Å². The van der Waals surface area contributed by atoms with Crippen molar-refractivity contribution in [3.05, 3.63) is 23.4 Å². The average Bonchev–Trinajstić information content (AvgIpc) is 2.25. The minimum atomic E-state index is -0.927. The number of carboxylic acids is 1. The molecule has 0 aromatic carbocycles. The third-order valence-electron chi connectivity index (χ3n) is 3.50. The third kappa shape index (κ3) is 4.22. The predicted octanol–water partition coefficient (Wildman–Crippen LogP) is 3.92. The van der Waals surface area contributed by atoms with E-state index >= 15 is 0 Å². The minimum absolute atomic E-state index is 0.0722. The Morgan fingerprint density at radius 2 is 1.75 bits per heavy atom. The maximum Gasteiger partial charge on any atom is 0.335 e. The molecule has 0 fully saturated rings. The van der Waals surface area contributed by atoms with Gasteiger partial charge in [-0.05, 0) is 24.5 Å². The fourth-order valence-electron chi connectivity index (χ4n) is 1.55. The van der Waals surface area contributed by atoms with Crippen molar-refractivity contribution in [2.75, 3.05) is 5.32 Å². The summed E-state index contributed by atoms with van der Waals surface area (Å²) in [5.41, 5.74) is 0.935. The van der Waals surface area contributed by atoms with Gasteiger partial charge in [0.1, 0.15) is 5.82 Å². The van der Waals surface area contributed by atoms with Gasteiger partial charge in [0, 0.05) is 17.2 Å². The van der Waals surface area contributed by atoms with Crippen molar-refractivity contribution in [1.29, 1.82) is 0 Å². The standard InChI is InChI=1S/C16H26N2O2/c1-10(15(2,3)4)17-13-9-11(14(19)20)8-12(18-13)16(5,6)7/h8-10H,1-7H3,(H,17,18)(H,19,20). The van der Waals surface area contributed by atoms with Gasteiger partial charge in [0.15, 0.2) is 0 Å². The summed E-state index contributed by atoms with van der Waals surface area (Å²) in [6, 6.07) is 3.43. The van der Waals surface area contributed by atoms with Gasteiger partial charge in [0.25, 0.3) is 0 Å². The van der Waals surface area contributed by atoms with Gasteiger partial charge in [-0.1, -0.05) is 41.5 Å². The number of nitrogens with one attached hydrogen (secondary N) is 1. The van der Waals surface area contributed by atoms with Crippen LogP contribution in [0, 0.1) is 5.41 Å². The Kier molecular flexibility index (Phi) is 4.47. The Labute approximate surface area is 121 Å². The number of carbonyl (C=O) groups is 1. The average molecular weight is 278 g/mol. The lowest BCUT2D eigenvalue weighted by Gasteiger charge is -2.29. The fourth-order valence-corrected chi connectivity index (χ4v) is 1.55. The van der Waals surface area contributed by atoms with Gasteiger partial charge in [-0.25, -0.2) is 9.78 Å². The summed E-state index contributed by atoms with van der Waals surface area (Å²) in [5.74, 6) is -0.304. The van der Waals surface area contributed by atoms with Crippen LogP contribution in [0.5, 0.6) is 0 Å². The number of aromatic nitrogens is 1. The molecule has 0 aliphatic rings. The highest BCUT2D eigenvalue weighted by Gasteiger charge is 2.23. The SMILES string of the molecule is CC(Nc1cc(C(=O)O)cc(C(C)(C)C)n1)C(C)(C)C. The normalized spacial score (nSPS) is 13.9. The van der Waals surface area contributed by atoms with E-state index in [2.05, 4.69) is 38.0 Å². The molecule has 1 unspecified atom stereocenters. The quantitative estimate of drug-likeness (QED) is 0.879. The summed E-state index contributed by atoms with van der Waals surface area (Å²) < 4.78 is 0. The van der Waals surface area contributed by atoms with Crippen LogP contribution in [0.4, 0.5) is 5.82 Å². The largest absolute Gasteiger partial charge is 0.478 e. The molecule has 112 valence electrons. The molecule has 1 aromatic rings. The topological polar surface area (TPSA) is 62.2 Å². The lowest BCUT2D eigenvalue weighted by Crippen LogP contribution is -2.31. The van der Waals surface area contributed by atoms with Crippen molar-refractivity contribution >= 4 is 11.8 Å². The second kappa shape index (κ2) is 5.43. The van der Waals surface area contributed by atoms with Crippen molar-refractivity contribution < 1.29 is 9.90 Å². The lowest BCUT2D eigenvalue weighted by molar-refractivity contribution is 0.0696. The number of rotatable bonds is 3. The zero-order valence-corrected chi connectivity index (χ0v) is 13.5. The van der Waals surface area contributed by atoms with Gasteiger partial charge >= 0.3 is 5.97 Å². The van der Waals surface area contributed by atoms with E-state index in [9.17, 15) is 9.90 Å². The summed E-state index contributed by atoms with van der Waals surface area (Å²) in [6.45, 7) is 14.6. The van der Waals surface area contributed by atoms with Crippen LogP contribution < -0.4 is 5.32 Å². The van der Waals surface area contributed by atoms with Gasteiger partial charge in [-0.3, -0.25) is 0 Å². The molecule has 0 saturated carbocycles. The van der Waals surface area contributed by atoms with Crippen molar-refractivity contribution in [3.63, 3.8) is 0 Å². The van der Waals surface area contributed by atoms with E-state index in [1.165, 1.54) is 0 Å². The van der Waals surface area contributed by atoms with Crippen LogP contribution >= 0.6 is 0 Å². The zero-order valence-electron chi connectivity index (χ0n) is 13.5. The van der Waals surface area contributed by atoms with Gasteiger partial charge in [0.05, 0.1) is 5.56 Å². The molecular weight excluding hydrogens is 252 g/mol. The van der Waals surface area contributed by atoms with Gasteiger partial charge in [-0.2, -0.15) is 0 Å². The Hall–Kier alpha value is -1.58. The van der Waals surface area contributed by atoms with E-state index in [0.29, 0.717) is 5.82 Å². The Bertz CT molecular complexity index is 496. The van der Waals surface area contributed by atoms with E-state index in [1.54, 1.807) is 12.1 Å². The maximum absolute atomic E-state index is 11.3. The predicted molar refractivity (Wildman–Crippen MR) is 82.4 cm³/mol. The van der Waals surface area contributed by atoms with E-state index in [-0.39, 0.29) is 22.4 Å². The maximum atomic E-state index is 11.3. The molecule has 0 bridgehead atoms. The highest BCUT2D eigenvalue weighted by molar-refractivity contribution is 5.88. The van der Waals surface area contributed by atoms with Crippen molar-refractivity contribution in [1.82, 2.24) is 4.98 Å². The number of nitrogens with zero attached hydrogens (tertiary/aromatic N) is 1. The van der Waals surface area contributed by atoms with Crippen molar-refractivity contribution in [3.8, 4) is 0 Å². The first-order valence-corrected chi connectivity index (χ1v) is 6.93. The van der Waals surface area contributed by atoms with Gasteiger partial charge in [-0.15, -0.1) is 0 Å². The van der Waals surface area contributed by atoms with Crippen LogP contribution in [0.1, 0.15) is 64.5 Å². The first kappa shape index (κ1) is 16.5. The number of anilines is 1. The molecule has 2 N–H and O–H groups in total. The zero-order chi connectivity index (χ0) is 15.7. The van der Waals surface area contributed by atoms with Gasteiger partial charge < -0.3 is 10.4 Å². The molecule has 0 aliphatic heterocycles.